The van der Waals surface area contributed by atoms with Crippen LogP contribution in [0.1, 0.15) is 46.5 Å². The summed E-state index contributed by atoms with van der Waals surface area (Å²) in [5, 5.41) is 0. The van der Waals surface area contributed by atoms with Gasteiger partial charge in [-0.2, -0.15) is 0 Å². The van der Waals surface area contributed by atoms with Crippen molar-refractivity contribution in [3.8, 4) is 0 Å². The Bertz CT molecular complexity index is 299. The van der Waals surface area contributed by atoms with Crippen molar-refractivity contribution < 1.29 is 9.53 Å². The summed E-state index contributed by atoms with van der Waals surface area (Å²) in [5.74, 6) is 0.679. The van der Waals surface area contributed by atoms with Crippen molar-refractivity contribution >= 4 is 5.97 Å². The first-order valence-electron chi connectivity index (χ1n) is 5.42. The predicted octanol–water partition coefficient (Wildman–Crippen LogP) is 2.83. The van der Waals surface area contributed by atoms with Gasteiger partial charge in [-0.05, 0) is 44.6 Å². The number of carbonyl (C=O) groups is 1. The summed E-state index contributed by atoms with van der Waals surface area (Å²) >= 11 is 0. The zero-order chi connectivity index (χ0) is 10.3. The summed E-state index contributed by atoms with van der Waals surface area (Å²) in [6.07, 6.45) is 3.97. The Balaban J connectivity index is 2.34. The molecular formula is C12H18O2. The van der Waals surface area contributed by atoms with Gasteiger partial charge in [-0.25, -0.2) is 0 Å². The van der Waals surface area contributed by atoms with Crippen LogP contribution in [0, 0.1) is 5.92 Å². The molecule has 1 aliphatic carbocycles. The molecule has 2 heteroatoms. The fraction of sp³-hybridized carbons (Fsp3) is 0.750. The lowest BCUT2D eigenvalue weighted by Crippen LogP contribution is -2.37. The van der Waals surface area contributed by atoms with Crippen molar-refractivity contribution in [3.05, 3.63) is 11.1 Å². The van der Waals surface area contributed by atoms with Crippen molar-refractivity contribution in [1.82, 2.24) is 0 Å². The zero-order valence-electron chi connectivity index (χ0n) is 9.22. The first kappa shape index (κ1) is 9.75. The fourth-order valence-corrected chi connectivity index (χ4v) is 2.68. The molecule has 1 aliphatic heterocycles. The maximum Gasteiger partial charge on any atom is 0.310 e. The number of carbonyl (C=O) groups excluding carboxylic acids is 1. The van der Waals surface area contributed by atoms with Crippen LogP contribution in [-0.4, -0.2) is 11.6 Å². The number of cyclic esters (lactones) is 1. The van der Waals surface area contributed by atoms with Gasteiger partial charge in [-0.1, -0.05) is 12.5 Å². The second-order valence-electron chi connectivity index (χ2n) is 5.09. The summed E-state index contributed by atoms with van der Waals surface area (Å²) in [4.78, 5) is 11.4. The summed E-state index contributed by atoms with van der Waals surface area (Å²) in [7, 11) is 0. The SMILES string of the molecule is CC1CCC2=C(CC(=O)OC2(C)C)C1. The average Bonchev–Trinajstić information content (AvgIpc) is 2.00. The Morgan fingerprint density at radius 3 is 2.86 bits per heavy atom. The van der Waals surface area contributed by atoms with Crippen molar-refractivity contribution in [2.24, 2.45) is 5.92 Å². The summed E-state index contributed by atoms with van der Waals surface area (Å²) in [5.41, 5.74) is 2.39. The van der Waals surface area contributed by atoms with Crippen molar-refractivity contribution in [2.75, 3.05) is 0 Å². The van der Waals surface area contributed by atoms with Gasteiger partial charge in [-0.15, -0.1) is 0 Å². The molecule has 0 spiro atoms. The second kappa shape index (κ2) is 3.11. The molecule has 0 bridgehead atoms. The van der Waals surface area contributed by atoms with E-state index in [1.165, 1.54) is 17.6 Å². The number of hydrogen-bond donors (Lipinski definition) is 0. The van der Waals surface area contributed by atoms with Crippen LogP contribution < -0.4 is 0 Å². The molecule has 1 atom stereocenters. The fourth-order valence-electron chi connectivity index (χ4n) is 2.68. The molecule has 14 heavy (non-hydrogen) atoms. The highest BCUT2D eigenvalue weighted by molar-refractivity contribution is 5.75. The number of esters is 1. The quantitative estimate of drug-likeness (QED) is 0.438. The largest absolute Gasteiger partial charge is 0.455 e. The molecule has 2 aliphatic rings. The van der Waals surface area contributed by atoms with E-state index in [4.69, 9.17) is 4.74 Å². The summed E-state index contributed by atoms with van der Waals surface area (Å²) in [6.45, 7) is 6.28. The van der Waals surface area contributed by atoms with Gasteiger partial charge >= 0.3 is 5.97 Å². The Labute approximate surface area is 85.3 Å². The summed E-state index contributed by atoms with van der Waals surface area (Å²) < 4.78 is 5.38. The van der Waals surface area contributed by atoms with Crippen LogP contribution in [0.5, 0.6) is 0 Å². The van der Waals surface area contributed by atoms with Crippen LogP contribution in [0.25, 0.3) is 0 Å². The van der Waals surface area contributed by atoms with E-state index in [-0.39, 0.29) is 11.6 Å². The van der Waals surface area contributed by atoms with E-state index in [1.54, 1.807) is 0 Å². The van der Waals surface area contributed by atoms with Crippen molar-refractivity contribution in [2.45, 2.75) is 52.1 Å². The van der Waals surface area contributed by atoms with Gasteiger partial charge in [0.1, 0.15) is 5.60 Å². The van der Waals surface area contributed by atoms with Gasteiger partial charge in [0.2, 0.25) is 0 Å². The highest BCUT2D eigenvalue weighted by Gasteiger charge is 2.37. The Kier molecular flexibility index (Phi) is 2.17. The molecule has 2 nitrogen and oxygen atoms in total. The molecule has 1 heterocycles. The highest BCUT2D eigenvalue weighted by atomic mass is 16.6. The number of hydrogen-bond acceptors (Lipinski definition) is 2. The lowest BCUT2D eigenvalue weighted by molar-refractivity contribution is -0.155. The maximum atomic E-state index is 11.4. The minimum atomic E-state index is -0.342. The van der Waals surface area contributed by atoms with Crippen LogP contribution in [0.15, 0.2) is 11.1 Å². The van der Waals surface area contributed by atoms with Gasteiger partial charge < -0.3 is 4.74 Å². The molecule has 0 fully saturated rings. The van der Waals surface area contributed by atoms with E-state index in [0.29, 0.717) is 6.42 Å². The molecule has 0 saturated heterocycles. The predicted molar refractivity (Wildman–Crippen MR) is 54.8 cm³/mol. The summed E-state index contributed by atoms with van der Waals surface area (Å²) in [6, 6.07) is 0. The molecule has 0 aromatic carbocycles. The minimum absolute atomic E-state index is 0.0529. The lowest BCUT2D eigenvalue weighted by atomic mass is 9.76. The molecule has 1 unspecified atom stereocenters. The van der Waals surface area contributed by atoms with Crippen LogP contribution in [0.3, 0.4) is 0 Å². The van der Waals surface area contributed by atoms with E-state index in [2.05, 4.69) is 6.92 Å². The van der Waals surface area contributed by atoms with Crippen molar-refractivity contribution in [1.29, 1.82) is 0 Å². The van der Waals surface area contributed by atoms with E-state index >= 15 is 0 Å². The van der Waals surface area contributed by atoms with Crippen LogP contribution >= 0.6 is 0 Å². The standard InChI is InChI=1S/C12H18O2/c1-8-4-5-10-9(6-8)7-11(13)14-12(10,2)3/h8H,4-7H2,1-3H3. The van der Waals surface area contributed by atoms with Gasteiger partial charge in [-0.3, -0.25) is 4.79 Å². The lowest BCUT2D eigenvalue weighted by Gasteiger charge is -2.38. The molecule has 0 saturated carbocycles. The van der Waals surface area contributed by atoms with E-state index in [0.717, 1.165) is 18.8 Å². The third kappa shape index (κ3) is 1.58. The number of rotatable bonds is 0. The van der Waals surface area contributed by atoms with Crippen LogP contribution in [-0.2, 0) is 9.53 Å². The van der Waals surface area contributed by atoms with Gasteiger partial charge in [0, 0.05) is 0 Å². The first-order valence-corrected chi connectivity index (χ1v) is 5.42. The third-order valence-corrected chi connectivity index (χ3v) is 3.36. The van der Waals surface area contributed by atoms with Crippen LogP contribution in [0.2, 0.25) is 0 Å². The molecular weight excluding hydrogens is 176 g/mol. The number of ether oxygens (including phenoxy) is 1. The Morgan fingerprint density at radius 2 is 2.14 bits per heavy atom. The third-order valence-electron chi connectivity index (χ3n) is 3.36. The van der Waals surface area contributed by atoms with Gasteiger partial charge in [0.25, 0.3) is 0 Å². The average molecular weight is 194 g/mol. The topological polar surface area (TPSA) is 26.3 Å². The first-order chi connectivity index (χ1) is 6.49. The zero-order valence-corrected chi connectivity index (χ0v) is 9.22. The minimum Gasteiger partial charge on any atom is -0.455 e. The molecule has 0 aromatic heterocycles. The molecule has 2 rings (SSSR count). The van der Waals surface area contributed by atoms with Gasteiger partial charge in [0.05, 0.1) is 6.42 Å². The highest BCUT2D eigenvalue weighted by Crippen LogP contribution is 2.41. The molecule has 0 amide bonds. The van der Waals surface area contributed by atoms with Crippen molar-refractivity contribution in [3.63, 3.8) is 0 Å². The van der Waals surface area contributed by atoms with E-state index in [1.807, 2.05) is 13.8 Å². The monoisotopic (exact) mass is 194 g/mol. The van der Waals surface area contributed by atoms with Crippen LogP contribution in [0.4, 0.5) is 0 Å². The normalized spacial score (nSPS) is 31.1. The molecule has 0 aromatic rings. The maximum absolute atomic E-state index is 11.4. The molecule has 0 radical (unpaired) electrons. The Hall–Kier alpha value is -0.790. The van der Waals surface area contributed by atoms with E-state index in [9.17, 15) is 4.79 Å². The molecule has 78 valence electrons. The van der Waals surface area contributed by atoms with E-state index < -0.39 is 0 Å². The Morgan fingerprint density at radius 1 is 1.43 bits per heavy atom. The second-order valence-corrected chi connectivity index (χ2v) is 5.09. The van der Waals surface area contributed by atoms with Gasteiger partial charge in [0.15, 0.2) is 0 Å². The molecule has 0 N–H and O–H groups in total. The smallest absolute Gasteiger partial charge is 0.310 e.